The third-order valence-corrected chi connectivity index (χ3v) is 7.96. The number of hydrogen-bond acceptors (Lipinski definition) is 3. The zero-order valence-electron chi connectivity index (χ0n) is 14.6. The molecule has 1 N–H and O–H groups in total. The summed E-state index contributed by atoms with van der Waals surface area (Å²) in [4.78, 5) is 13.2. The highest BCUT2D eigenvalue weighted by atomic mass is 79.9. The number of halogens is 2. The van der Waals surface area contributed by atoms with Crippen LogP contribution in [0.4, 0.5) is 0 Å². The lowest BCUT2D eigenvalue weighted by molar-refractivity contribution is -0.143. The fraction of sp³-hybridized carbons (Fsp3) is 0.381. The second-order valence-electron chi connectivity index (χ2n) is 6.61. The average molecular weight is 481 g/mol. The van der Waals surface area contributed by atoms with Crippen LogP contribution in [0, 0.1) is 0 Å². The third-order valence-electron chi connectivity index (χ3n) is 5.01. The third kappa shape index (κ3) is 4.38. The number of rotatable bonds is 5. The predicted molar refractivity (Wildman–Crippen MR) is 112 cm³/mol. The minimum atomic E-state index is -0.469. The highest BCUT2D eigenvalue weighted by Gasteiger charge is 2.39. The Morgan fingerprint density at radius 1 is 1.04 bits per heavy atom. The zero-order chi connectivity index (χ0) is 18.5. The number of ether oxygens (including phenoxy) is 1. The summed E-state index contributed by atoms with van der Waals surface area (Å²) in [5.74, 6) is 0.000271. The number of carbonyl (C=O) groups is 1. The van der Waals surface area contributed by atoms with Crippen LogP contribution in [0.3, 0.4) is 0 Å². The van der Waals surface area contributed by atoms with Crippen molar-refractivity contribution in [3.63, 3.8) is 0 Å². The van der Waals surface area contributed by atoms with Crippen LogP contribution < -0.4 is 5.32 Å². The molecule has 0 bridgehead atoms. The number of carbonyl (C=O) groups excluding carboxylic acids is 1. The molecule has 0 aromatic heterocycles. The van der Waals surface area contributed by atoms with E-state index in [9.17, 15) is 4.79 Å². The van der Waals surface area contributed by atoms with Gasteiger partial charge in [-0.2, -0.15) is 0 Å². The summed E-state index contributed by atoms with van der Waals surface area (Å²) in [5, 5.41) is 3.60. The largest absolute Gasteiger partial charge is 0.468 e. The standard InChI is InChI=1S/C21H23Br2NO2/c1-26-21(25)20(15-10-6-3-7-11-15)24-17-13-12-16(22)19(23)18(17)14-8-4-2-5-9-14/h2-11,16-20,24H,12-13H2,1H3/t16-,17+,18-,19+,20-/m0/s1. The minimum Gasteiger partial charge on any atom is -0.468 e. The molecule has 2 aromatic carbocycles. The summed E-state index contributed by atoms with van der Waals surface area (Å²) in [5.41, 5.74) is 2.20. The Balaban J connectivity index is 1.90. The van der Waals surface area contributed by atoms with Crippen molar-refractivity contribution in [2.75, 3.05) is 7.11 Å². The van der Waals surface area contributed by atoms with Crippen molar-refractivity contribution < 1.29 is 9.53 Å². The van der Waals surface area contributed by atoms with Crippen molar-refractivity contribution >= 4 is 37.8 Å². The quantitative estimate of drug-likeness (QED) is 0.485. The van der Waals surface area contributed by atoms with Gasteiger partial charge in [-0.25, -0.2) is 4.79 Å². The molecule has 1 saturated carbocycles. The molecule has 0 heterocycles. The van der Waals surface area contributed by atoms with E-state index >= 15 is 0 Å². The van der Waals surface area contributed by atoms with Crippen LogP contribution in [0.5, 0.6) is 0 Å². The molecule has 1 aliphatic carbocycles. The van der Waals surface area contributed by atoms with Crippen LogP contribution in [0.25, 0.3) is 0 Å². The lowest BCUT2D eigenvalue weighted by Crippen LogP contribution is -2.48. The molecule has 3 nitrogen and oxygen atoms in total. The van der Waals surface area contributed by atoms with Crippen molar-refractivity contribution in [3.05, 3.63) is 71.8 Å². The summed E-state index contributed by atoms with van der Waals surface area (Å²) in [6.07, 6.45) is 2.03. The molecule has 1 fully saturated rings. The Labute approximate surface area is 171 Å². The van der Waals surface area contributed by atoms with E-state index in [0.717, 1.165) is 18.4 Å². The van der Waals surface area contributed by atoms with Crippen LogP contribution in [0.2, 0.25) is 0 Å². The zero-order valence-corrected chi connectivity index (χ0v) is 17.8. The molecule has 26 heavy (non-hydrogen) atoms. The van der Waals surface area contributed by atoms with E-state index in [1.807, 2.05) is 36.4 Å². The highest BCUT2D eigenvalue weighted by molar-refractivity contribution is 9.12. The van der Waals surface area contributed by atoms with E-state index in [4.69, 9.17) is 4.74 Å². The Hall–Kier alpha value is -1.17. The maximum absolute atomic E-state index is 12.5. The van der Waals surface area contributed by atoms with Crippen LogP contribution in [0.15, 0.2) is 60.7 Å². The van der Waals surface area contributed by atoms with Gasteiger partial charge in [0.25, 0.3) is 0 Å². The predicted octanol–water partition coefficient (Wildman–Crippen LogP) is 4.96. The molecule has 1 aliphatic rings. The smallest absolute Gasteiger partial charge is 0.327 e. The SMILES string of the molecule is COC(=O)[C@@H](N[C@@H]1CC[C@H](Br)[C@@H](Br)[C@H]1c1ccccc1)c1ccccc1. The molecule has 0 aliphatic heterocycles. The van der Waals surface area contributed by atoms with Gasteiger partial charge < -0.3 is 4.74 Å². The maximum atomic E-state index is 12.5. The number of methoxy groups -OCH3 is 1. The molecule has 3 rings (SSSR count). The summed E-state index contributed by atoms with van der Waals surface area (Å²) in [6, 6.07) is 20.0. The van der Waals surface area contributed by atoms with E-state index in [-0.39, 0.29) is 22.8 Å². The average Bonchev–Trinajstić information content (AvgIpc) is 2.69. The molecule has 0 amide bonds. The van der Waals surface area contributed by atoms with Crippen molar-refractivity contribution in [2.45, 2.75) is 40.5 Å². The number of hydrogen-bond donors (Lipinski definition) is 1. The first-order chi connectivity index (χ1) is 12.6. The van der Waals surface area contributed by atoms with E-state index in [1.54, 1.807) is 0 Å². The van der Waals surface area contributed by atoms with Crippen LogP contribution in [-0.2, 0) is 9.53 Å². The minimum absolute atomic E-state index is 0.167. The van der Waals surface area contributed by atoms with E-state index < -0.39 is 6.04 Å². The Bertz CT molecular complexity index is 710. The first-order valence-electron chi connectivity index (χ1n) is 8.83. The van der Waals surface area contributed by atoms with Crippen LogP contribution >= 0.6 is 31.9 Å². The number of esters is 1. The van der Waals surface area contributed by atoms with Crippen LogP contribution in [-0.4, -0.2) is 28.8 Å². The summed E-state index contributed by atoms with van der Waals surface area (Å²) < 4.78 is 5.07. The topological polar surface area (TPSA) is 38.3 Å². The van der Waals surface area contributed by atoms with Gasteiger partial charge in [-0.3, -0.25) is 5.32 Å². The second kappa shape index (κ2) is 9.16. The van der Waals surface area contributed by atoms with Crippen LogP contribution in [0.1, 0.15) is 35.9 Å². The lowest BCUT2D eigenvalue weighted by Gasteiger charge is -2.40. The summed E-state index contributed by atoms with van der Waals surface area (Å²) in [7, 11) is 1.44. The van der Waals surface area contributed by atoms with Gasteiger partial charge in [-0.1, -0.05) is 92.5 Å². The molecule has 2 aromatic rings. The van der Waals surface area contributed by atoms with E-state index in [2.05, 4.69) is 61.4 Å². The van der Waals surface area contributed by atoms with Gasteiger partial charge in [-0.05, 0) is 24.0 Å². The van der Waals surface area contributed by atoms with Gasteiger partial charge in [0.15, 0.2) is 0 Å². The van der Waals surface area contributed by atoms with Gasteiger partial charge in [0.05, 0.1) is 7.11 Å². The summed E-state index contributed by atoms with van der Waals surface area (Å²) in [6.45, 7) is 0. The van der Waals surface area contributed by atoms with Gasteiger partial charge in [0, 0.05) is 21.6 Å². The Morgan fingerprint density at radius 2 is 1.65 bits per heavy atom. The molecule has 138 valence electrons. The number of benzene rings is 2. The Kier molecular flexibility index (Phi) is 6.90. The Morgan fingerprint density at radius 3 is 2.27 bits per heavy atom. The molecule has 0 unspecified atom stereocenters. The molecule has 0 saturated heterocycles. The van der Waals surface area contributed by atoms with Gasteiger partial charge in [0.2, 0.25) is 0 Å². The fourth-order valence-electron chi connectivity index (χ4n) is 3.68. The van der Waals surface area contributed by atoms with Crippen molar-refractivity contribution in [1.29, 1.82) is 0 Å². The highest BCUT2D eigenvalue weighted by Crippen LogP contribution is 2.41. The second-order valence-corrected chi connectivity index (χ2v) is 8.85. The number of nitrogens with one attached hydrogen (secondary N) is 1. The first-order valence-corrected chi connectivity index (χ1v) is 10.7. The van der Waals surface area contributed by atoms with E-state index in [1.165, 1.54) is 12.7 Å². The maximum Gasteiger partial charge on any atom is 0.327 e. The molecule has 5 heteroatoms. The fourth-order valence-corrected chi connectivity index (χ4v) is 5.21. The molecule has 0 spiro atoms. The lowest BCUT2D eigenvalue weighted by atomic mass is 9.79. The monoisotopic (exact) mass is 479 g/mol. The van der Waals surface area contributed by atoms with Gasteiger partial charge >= 0.3 is 5.97 Å². The molecule has 5 atom stereocenters. The molecular weight excluding hydrogens is 458 g/mol. The van der Waals surface area contributed by atoms with Crippen molar-refractivity contribution in [3.8, 4) is 0 Å². The van der Waals surface area contributed by atoms with E-state index in [0.29, 0.717) is 4.83 Å². The van der Waals surface area contributed by atoms with Crippen molar-refractivity contribution in [1.82, 2.24) is 5.32 Å². The normalized spacial score (nSPS) is 26.9. The van der Waals surface area contributed by atoms with Crippen molar-refractivity contribution in [2.24, 2.45) is 0 Å². The van der Waals surface area contributed by atoms with Gasteiger partial charge in [0.1, 0.15) is 6.04 Å². The molecule has 0 radical (unpaired) electrons. The van der Waals surface area contributed by atoms with Gasteiger partial charge in [-0.15, -0.1) is 0 Å². The summed E-state index contributed by atoms with van der Waals surface area (Å²) >= 11 is 7.70. The molecular formula is C21H23Br2NO2. The number of alkyl halides is 2. The first kappa shape index (κ1) is 19.6.